The van der Waals surface area contributed by atoms with Crippen LogP contribution >= 0.6 is 0 Å². The van der Waals surface area contributed by atoms with Crippen LogP contribution in [0.5, 0.6) is 0 Å². The Kier molecular flexibility index (Phi) is 6.36. The number of aliphatic hydroxyl groups excluding tert-OH is 2. The highest BCUT2D eigenvalue weighted by molar-refractivity contribution is 7.90. The Bertz CT molecular complexity index is 666. The summed E-state index contributed by atoms with van der Waals surface area (Å²) in [6.07, 6.45) is 0. The summed E-state index contributed by atoms with van der Waals surface area (Å²) in [5, 5.41) is 17.5. The summed E-state index contributed by atoms with van der Waals surface area (Å²) in [4.78, 5) is 0. The Hall–Kier alpha value is -1.16. The molecule has 0 fully saturated rings. The number of sulfone groups is 2. The van der Waals surface area contributed by atoms with Crippen molar-refractivity contribution in [1.29, 1.82) is 0 Å². The highest BCUT2D eigenvalue weighted by Crippen LogP contribution is 2.23. The van der Waals surface area contributed by atoms with E-state index in [0.717, 1.165) is 0 Å². The average Bonchev–Trinajstić information content (AvgIpc) is 2.33. The topological polar surface area (TPSA) is 135 Å². The molecule has 0 aliphatic carbocycles. The molecule has 0 bridgehead atoms. The third-order valence-electron chi connectivity index (χ3n) is 3.20. The van der Waals surface area contributed by atoms with Gasteiger partial charge in [-0.05, 0) is 35.7 Å². The van der Waals surface area contributed by atoms with E-state index in [9.17, 15) is 16.8 Å². The van der Waals surface area contributed by atoms with Crippen LogP contribution in [0.4, 0.5) is 5.69 Å². The summed E-state index contributed by atoms with van der Waals surface area (Å²) in [6, 6.07) is 2.98. The molecular weight excluding hydrogens is 330 g/mol. The van der Waals surface area contributed by atoms with Gasteiger partial charge in [0.2, 0.25) is 0 Å². The van der Waals surface area contributed by atoms with Gasteiger partial charge < -0.3 is 15.9 Å². The van der Waals surface area contributed by atoms with Crippen LogP contribution in [0.25, 0.3) is 0 Å². The van der Waals surface area contributed by atoms with Crippen LogP contribution < -0.4 is 5.73 Å². The highest BCUT2D eigenvalue weighted by atomic mass is 32.2. The first kappa shape index (κ1) is 18.9. The third-order valence-corrected chi connectivity index (χ3v) is 6.31. The minimum atomic E-state index is -3.49. The van der Waals surface area contributed by atoms with Gasteiger partial charge in [-0.1, -0.05) is 0 Å². The van der Waals surface area contributed by atoms with E-state index in [-0.39, 0.29) is 28.7 Å². The molecule has 0 aromatic heterocycles. The standard InChI is InChI=1S/C13H21NO6S2/c1-10-11(8-21(17,18)4-2-15)6-13(14)7-12(10)9-22(19,20)5-3-16/h6-7,15-16H,2-5,8-9,14H2,1H3. The number of nitrogens with two attached hydrogens (primary N) is 1. The summed E-state index contributed by atoms with van der Waals surface area (Å²) in [6.45, 7) is 0.690. The van der Waals surface area contributed by atoms with Crippen molar-refractivity contribution in [3.63, 3.8) is 0 Å². The Labute approximate surface area is 130 Å². The number of hydrogen-bond acceptors (Lipinski definition) is 7. The minimum Gasteiger partial charge on any atom is -0.399 e. The quantitative estimate of drug-likeness (QED) is 0.532. The fraction of sp³-hybridized carbons (Fsp3) is 0.538. The molecule has 1 aromatic carbocycles. The Balaban J connectivity index is 3.18. The van der Waals surface area contributed by atoms with Crippen molar-refractivity contribution in [3.05, 3.63) is 28.8 Å². The van der Waals surface area contributed by atoms with Gasteiger partial charge in [0.05, 0.1) is 36.2 Å². The van der Waals surface area contributed by atoms with E-state index in [2.05, 4.69) is 0 Å². The summed E-state index contributed by atoms with van der Waals surface area (Å²) in [5.74, 6) is -1.34. The van der Waals surface area contributed by atoms with Crippen LogP contribution in [0.3, 0.4) is 0 Å². The Morgan fingerprint density at radius 1 is 0.909 bits per heavy atom. The second-order valence-electron chi connectivity index (χ2n) is 5.10. The molecule has 0 atom stereocenters. The lowest BCUT2D eigenvalue weighted by molar-refractivity contribution is 0.319. The van der Waals surface area contributed by atoms with E-state index in [0.29, 0.717) is 16.7 Å². The molecule has 1 rings (SSSR count). The van der Waals surface area contributed by atoms with Crippen LogP contribution in [0.1, 0.15) is 16.7 Å². The Morgan fingerprint density at radius 2 is 1.27 bits per heavy atom. The predicted octanol–water partition coefficient (Wildman–Crippen LogP) is -0.609. The van der Waals surface area contributed by atoms with Crippen molar-refractivity contribution in [1.82, 2.24) is 0 Å². The lowest BCUT2D eigenvalue weighted by atomic mass is 10.0. The summed E-state index contributed by atoms with van der Waals surface area (Å²) < 4.78 is 47.2. The fourth-order valence-electron chi connectivity index (χ4n) is 2.06. The highest BCUT2D eigenvalue weighted by Gasteiger charge is 2.18. The van der Waals surface area contributed by atoms with E-state index in [1.165, 1.54) is 12.1 Å². The van der Waals surface area contributed by atoms with Crippen LogP contribution in [0, 0.1) is 6.92 Å². The maximum Gasteiger partial charge on any atom is 0.156 e. The number of aliphatic hydroxyl groups is 2. The van der Waals surface area contributed by atoms with Crippen molar-refractivity contribution in [3.8, 4) is 0 Å². The largest absolute Gasteiger partial charge is 0.399 e. The third kappa shape index (κ3) is 5.56. The molecular formula is C13H21NO6S2. The zero-order valence-corrected chi connectivity index (χ0v) is 14.0. The van der Waals surface area contributed by atoms with Crippen LogP contribution in [-0.2, 0) is 31.2 Å². The van der Waals surface area contributed by atoms with E-state index >= 15 is 0 Å². The fourth-order valence-corrected chi connectivity index (χ4v) is 4.46. The van der Waals surface area contributed by atoms with Gasteiger partial charge in [0, 0.05) is 5.69 Å². The van der Waals surface area contributed by atoms with E-state index in [1.807, 2.05) is 0 Å². The lowest BCUT2D eigenvalue weighted by Crippen LogP contribution is -2.16. The summed E-state index contributed by atoms with van der Waals surface area (Å²) in [7, 11) is -6.98. The maximum atomic E-state index is 11.8. The van der Waals surface area contributed by atoms with Gasteiger partial charge >= 0.3 is 0 Å². The van der Waals surface area contributed by atoms with Gasteiger partial charge in [0.15, 0.2) is 19.7 Å². The molecule has 126 valence electrons. The molecule has 0 radical (unpaired) electrons. The number of anilines is 1. The second kappa shape index (κ2) is 7.40. The van der Waals surface area contributed by atoms with E-state index < -0.39 is 32.9 Å². The molecule has 0 unspecified atom stereocenters. The van der Waals surface area contributed by atoms with Gasteiger partial charge in [0.1, 0.15) is 0 Å². The van der Waals surface area contributed by atoms with Gasteiger partial charge in [-0.2, -0.15) is 0 Å². The number of rotatable bonds is 8. The molecule has 9 heteroatoms. The molecule has 4 N–H and O–H groups in total. The van der Waals surface area contributed by atoms with Crippen LogP contribution in [-0.4, -0.2) is 51.8 Å². The second-order valence-corrected chi connectivity index (χ2v) is 9.46. The smallest absolute Gasteiger partial charge is 0.156 e. The van der Waals surface area contributed by atoms with Crippen molar-refractivity contribution >= 4 is 25.4 Å². The first-order chi connectivity index (χ1) is 10.1. The van der Waals surface area contributed by atoms with Gasteiger partial charge in [-0.25, -0.2) is 16.8 Å². The molecule has 0 saturated heterocycles. The van der Waals surface area contributed by atoms with Gasteiger partial charge in [-0.15, -0.1) is 0 Å². The first-order valence-corrected chi connectivity index (χ1v) is 10.2. The molecule has 0 aliphatic rings. The summed E-state index contributed by atoms with van der Waals surface area (Å²) >= 11 is 0. The van der Waals surface area contributed by atoms with Crippen molar-refractivity contribution in [2.45, 2.75) is 18.4 Å². The van der Waals surface area contributed by atoms with Crippen molar-refractivity contribution in [2.75, 3.05) is 30.5 Å². The molecule has 7 nitrogen and oxygen atoms in total. The molecule has 0 amide bonds. The number of benzene rings is 1. The normalized spacial score (nSPS) is 12.5. The SMILES string of the molecule is Cc1c(CS(=O)(=O)CCO)cc(N)cc1CS(=O)(=O)CCO. The monoisotopic (exact) mass is 351 g/mol. The Morgan fingerprint density at radius 3 is 1.59 bits per heavy atom. The van der Waals surface area contributed by atoms with E-state index in [1.54, 1.807) is 6.92 Å². The predicted molar refractivity (Wildman–Crippen MR) is 84.7 cm³/mol. The molecule has 22 heavy (non-hydrogen) atoms. The van der Waals surface area contributed by atoms with E-state index in [4.69, 9.17) is 15.9 Å². The lowest BCUT2D eigenvalue weighted by Gasteiger charge is -2.13. The maximum absolute atomic E-state index is 11.8. The first-order valence-electron chi connectivity index (χ1n) is 6.60. The zero-order chi connectivity index (χ0) is 17.0. The summed E-state index contributed by atoms with van der Waals surface area (Å²) in [5.41, 5.74) is 7.38. The minimum absolute atomic E-state index is 0.272. The molecule has 0 aliphatic heterocycles. The van der Waals surface area contributed by atoms with Gasteiger partial charge in [0.25, 0.3) is 0 Å². The van der Waals surface area contributed by atoms with Crippen LogP contribution in [0.15, 0.2) is 12.1 Å². The molecule has 0 heterocycles. The average molecular weight is 351 g/mol. The molecule has 0 spiro atoms. The molecule has 1 aromatic rings. The van der Waals surface area contributed by atoms with Crippen LogP contribution in [0.2, 0.25) is 0 Å². The van der Waals surface area contributed by atoms with Crippen molar-refractivity contribution < 1.29 is 27.0 Å². The van der Waals surface area contributed by atoms with Crippen molar-refractivity contribution in [2.24, 2.45) is 0 Å². The molecule has 0 saturated carbocycles. The number of nitrogen functional groups attached to an aromatic ring is 1. The zero-order valence-electron chi connectivity index (χ0n) is 12.3. The number of hydrogen-bond donors (Lipinski definition) is 3. The van der Waals surface area contributed by atoms with Gasteiger partial charge in [-0.3, -0.25) is 0 Å².